The van der Waals surface area contributed by atoms with Gasteiger partial charge in [0, 0.05) is 37.9 Å². The predicted molar refractivity (Wildman–Crippen MR) is 61.0 cm³/mol. The molecule has 1 aromatic heterocycles. The van der Waals surface area contributed by atoms with Gasteiger partial charge in [-0.15, -0.1) is 0 Å². The highest BCUT2D eigenvalue weighted by Gasteiger charge is 2.17. The average Bonchev–Trinajstić information content (AvgIpc) is 2.28. The maximum atomic E-state index is 10.6. The molecule has 0 atom stereocenters. The van der Waals surface area contributed by atoms with Crippen LogP contribution in [0.2, 0.25) is 0 Å². The third-order valence-corrected chi connectivity index (χ3v) is 2.65. The van der Waals surface area contributed by atoms with Crippen molar-refractivity contribution in [1.82, 2.24) is 14.9 Å². The van der Waals surface area contributed by atoms with E-state index in [4.69, 9.17) is 5.73 Å². The molecule has 0 unspecified atom stereocenters. The van der Waals surface area contributed by atoms with Gasteiger partial charge in [0.05, 0.1) is 0 Å². The standard InChI is InChI=1S/C10H15N5O/c1-8-6-9(13-10(11)12-8)15-4-2-14(7-16)3-5-15/h6-7H,2-5H2,1H3,(H2,11,12,13). The Labute approximate surface area is 94.1 Å². The van der Waals surface area contributed by atoms with Crippen molar-refractivity contribution in [3.8, 4) is 0 Å². The van der Waals surface area contributed by atoms with Crippen molar-refractivity contribution in [1.29, 1.82) is 0 Å². The van der Waals surface area contributed by atoms with Crippen LogP contribution in [0.1, 0.15) is 5.69 Å². The second-order valence-corrected chi connectivity index (χ2v) is 3.85. The van der Waals surface area contributed by atoms with Gasteiger partial charge >= 0.3 is 0 Å². The molecule has 0 spiro atoms. The van der Waals surface area contributed by atoms with E-state index < -0.39 is 0 Å². The summed E-state index contributed by atoms with van der Waals surface area (Å²) >= 11 is 0. The summed E-state index contributed by atoms with van der Waals surface area (Å²) in [5.41, 5.74) is 6.47. The van der Waals surface area contributed by atoms with Gasteiger partial charge in [0.15, 0.2) is 0 Å². The van der Waals surface area contributed by atoms with Crippen molar-refractivity contribution in [2.45, 2.75) is 6.92 Å². The molecular formula is C10H15N5O. The van der Waals surface area contributed by atoms with Crippen LogP contribution in [-0.4, -0.2) is 47.5 Å². The number of rotatable bonds is 2. The third-order valence-electron chi connectivity index (χ3n) is 2.65. The van der Waals surface area contributed by atoms with Crippen molar-refractivity contribution in [3.05, 3.63) is 11.8 Å². The summed E-state index contributed by atoms with van der Waals surface area (Å²) in [5.74, 6) is 1.14. The first-order chi connectivity index (χ1) is 7.69. The van der Waals surface area contributed by atoms with Gasteiger partial charge in [-0.2, -0.15) is 4.98 Å². The summed E-state index contributed by atoms with van der Waals surface area (Å²) in [6, 6.07) is 1.91. The minimum absolute atomic E-state index is 0.299. The van der Waals surface area contributed by atoms with E-state index in [0.717, 1.165) is 44.1 Å². The second kappa shape index (κ2) is 4.34. The molecule has 2 heterocycles. The molecule has 0 aromatic carbocycles. The Morgan fingerprint density at radius 3 is 2.56 bits per heavy atom. The SMILES string of the molecule is Cc1cc(N2CCN(C=O)CC2)nc(N)n1. The number of hydrogen-bond acceptors (Lipinski definition) is 5. The predicted octanol–water partition coefficient (Wildman–Crippen LogP) is -0.354. The zero-order valence-corrected chi connectivity index (χ0v) is 9.26. The van der Waals surface area contributed by atoms with Crippen molar-refractivity contribution >= 4 is 18.2 Å². The van der Waals surface area contributed by atoms with Crippen LogP contribution in [0.25, 0.3) is 0 Å². The van der Waals surface area contributed by atoms with Crippen LogP contribution in [0.3, 0.4) is 0 Å². The lowest BCUT2D eigenvalue weighted by Crippen LogP contribution is -2.46. The fourth-order valence-corrected chi connectivity index (χ4v) is 1.79. The minimum Gasteiger partial charge on any atom is -0.368 e. The van der Waals surface area contributed by atoms with E-state index in [2.05, 4.69) is 14.9 Å². The Kier molecular flexibility index (Phi) is 2.89. The molecule has 16 heavy (non-hydrogen) atoms. The Hall–Kier alpha value is -1.85. The van der Waals surface area contributed by atoms with Gasteiger partial charge in [-0.3, -0.25) is 4.79 Å². The highest BCUT2D eigenvalue weighted by molar-refractivity contribution is 5.49. The van der Waals surface area contributed by atoms with E-state index in [0.29, 0.717) is 5.95 Å². The zero-order valence-electron chi connectivity index (χ0n) is 9.26. The Morgan fingerprint density at radius 2 is 2.00 bits per heavy atom. The molecule has 1 aromatic rings. The third kappa shape index (κ3) is 2.21. The largest absolute Gasteiger partial charge is 0.368 e. The molecule has 0 saturated carbocycles. The molecule has 6 heteroatoms. The Bertz CT molecular complexity index is 367. The van der Waals surface area contributed by atoms with Gasteiger partial charge in [-0.25, -0.2) is 4.98 Å². The van der Waals surface area contributed by atoms with E-state index in [1.807, 2.05) is 13.0 Å². The Morgan fingerprint density at radius 1 is 1.31 bits per heavy atom. The molecule has 1 aliphatic rings. The normalized spacial score (nSPS) is 16.3. The Balaban J connectivity index is 2.10. The number of carbonyl (C=O) groups is 1. The van der Waals surface area contributed by atoms with Gasteiger partial charge in [-0.05, 0) is 6.92 Å². The topological polar surface area (TPSA) is 75.3 Å². The van der Waals surface area contributed by atoms with E-state index in [-0.39, 0.29) is 0 Å². The van der Waals surface area contributed by atoms with Gasteiger partial charge in [-0.1, -0.05) is 0 Å². The lowest BCUT2D eigenvalue weighted by molar-refractivity contribution is -0.118. The van der Waals surface area contributed by atoms with Crippen LogP contribution in [0, 0.1) is 6.92 Å². The molecular weight excluding hydrogens is 206 g/mol. The van der Waals surface area contributed by atoms with Crippen molar-refractivity contribution in [2.24, 2.45) is 0 Å². The van der Waals surface area contributed by atoms with Gasteiger partial charge < -0.3 is 15.5 Å². The molecule has 0 aliphatic carbocycles. The van der Waals surface area contributed by atoms with Crippen LogP contribution in [0.4, 0.5) is 11.8 Å². The molecule has 0 radical (unpaired) electrons. The van der Waals surface area contributed by atoms with E-state index in [1.165, 1.54) is 0 Å². The first-order valence-electron chi connectivity index (χ1n) is 5.24. The fourth-order valence-electron chi connectivity index (χ4n) is 1.79. The molecule has 1 aliphatic heterocycles. The summed E-state index contributed by atoms with van der Waals surface area (Å²) < 4.78 is 0. The molecule has 2 rings (SSSR count). The second-order valence-electron chi connectivity index (χ2n) is 3.85. The monoisotopic (exact) mass is 221 g/mol. The number of piperazine rings is 1. The van der Waals surface area contributed by atoms with Gasteiger partial charge in [0.25, 0.3) is 0 Å². The van der Waals surface area contributed by atoms with Crippen LogP contribution in [-0.2, 0) is 4.79 Å². The number of nitrogens with zero attached hydrogens (tertiary/aromatic N) is 4. The quantitative estimate of drug-likeness (QED) is 0.691. The summed E-state index contributed by atoms with van der Waals surface area (Å²) in [7, 11) is 0. The number of nitrogens with two attached hydrogens (primary N) is 1. The molecule has 6 nitrogen and oxygen atoms in total. The number of aryl methyl sites for hydroxylation is 1. The molecule has 1 saturated heterocycles. The van der Waals surface area contributed by atoms with Crippen LogP contribution >= 0.6 is 0 Å². The van der Waals surface area contributed by atoms with Crippen molar-refractivity contribution < 1.29 is 4.79 Å². The molecule has 2 N–H and O–H groups in total. The first-order valence-corrected chi connectivity index (χ1v) is 5.24. The summed E-state index contributed by atoms with van der Waals surface area (Å²) in [6.07, 6.45) is 0.886. The van der Waals surface area contributed by atoms with Crippen molar-refractivity contribution in [2.75, 3.05) is 36.8 Å². The zero-order chi connectivity index (χ0) is 11.5. The lowest BCUT2D eigenvalue weighted by Gasteiger charge is -2.33. The van der Waals surface area contributed by atoms with Gasteiger partial charge in [0.2, 0.25) is 12.4 Å². The summed E-state index contributed by atoms with van der Waals surface area (Å²) in [6.45, 7) is 4.92. The number of hydrogen-bond donors (Lipinski definition) is 1. The van der Waals surface area contributed by atoms with E-state index >= 15 is 0 Å². The molecule has 1 fully saturated rings. The average molecular weight is 221 g/mol. The van der Waals surface area contributed by atoms with Crippen LogP contribution in [0.5, 0.6) is 0 Å². The smallest absolute Gasteiger partial charge is 0.222 e. The number of nitrogen functional groups attached to an aromatic ring is 1. The fraction of sp³-hybridized carbons (Fsp3) is 0.500. The molecule has 1 amide bonds. The lowest BCUT2D eigenvalue weighted by atomic mass is 10.3. The van der Waals surface area contributed by atoms with Crippen LogP contribution < -0.4 is 10.6 Å². The number of anilines is 2. The maximum absolute atomic E-state index is 10.6. The minimum atomic E-state index is 0.299. The van der Waals surface area contributed by atoms with Crippen LogP contribution in [0.15, 0.2) is 6.07 Å². The number of carbonyl (C=O) groups excluding carboxylic acids is 1. The number of amides is 1. The highest BCUT2D eigenvalue weighted by Crippen LogP contribution is 2.15. The molecule has 0 bridgehead atoms. The number of aromatic nitrogens is 2. The van der Waals surface area contributed by atoms with E-state index in [1.54, 1.807) is 4.90 Å². The van der Waals surface area contributed by atoms with Gasteiger partial charge in [0.1, 0.15) is 5.82 Å². The maximum Gasteiger partial charge on any atom is 0.222 e. The first kappa shape index (κ1) is 10.7. The highest BCUT2D eigenvalue weighted by atomic mass is 16.1. The summed E-state index contributed by atoms with van der Waals surface area (Å²) in [4.78, 5) is 22.7. The summed E-state index contributed by atoms with van der Waals surface area (Å²) in [5, 5.41) is 0. The van der Waals surface area contributed by atoms with Crippen molar-refractivity contribution in [3.63, 3.8) is 0 Å². The van der Waals surface area contributed by atoms with E-state index in [9.17, 15) is 4.79 Å². The molecule has 86 valence electrons.